The fraction of sp³-hybridized carbons (Fsp3) is 0.333. The van der Waals surface area contributed by atoms with Crippen LogP contribution < -0.4 is 0 Å². The van der Waals surface area contributed by atoms with Crippen LogP contribution >= 0.6 is 11.3 Å². The number of H-pyrrole nitrogens is 1. The minimum Gasteiger partial charge on any atom is -0.348 e. The van der Waals surface area contributed by atoms with E-state index in [-0.39, 0.29) is 11.9 Å². The highest BCUT2D eigenvalue weighted by Gasteiger charge is 2.35. The molecule has 1 amide bonds. The summed E-state index contributed by atoms with van der Waals surface area (Å²) in [6.07, 6.45) is 7.92. The Morgan fingerprint density at radius 3 is 3.04 bits per heavy atom. The molecule has 128 valence electrons. The largest absolute Gasteiger partial charge is 0.348 e. The molecular formula is C18H19N5OS. The van der Waals surface area contributed by atoms with Gasteiger partial charge in [-0.25, -0.2) is 9.97 Å². The predicted octanol–water partition coefficient (Wildman–Crippen LogP) is 3.00. The van der Waals surface area contributed by atoms with Gasteiger partial charge in [-0.05, 0) is 30.5 Å². The Morgan fingerprint density at radius 1 is 1.40 bits per heavy atom. The summed E-state index contributed by atoms with van der Waals surface area (Å²) >= 11 is 1.56. The zero-order chi connectivity index (χ0) is 17.2. The van der Waals surface area contributed by atoms with Gasteiger partial charge in [-0.1, -0.05) is 6.92 Å². The number of nitrogens with zero attached hydrogens (tertiary/aromatic N) is 4. The SMILES string of the molecule is CCCc1nc(C(=O)N2CCc3[nH]cnc3[C@H]2c2ccncc2)cs1. The van der Waals surface area contributed by atoms with E-state index in [1.807, 2.05) is 22.4 Å². The summed E-state index contributed by atoms with van der Waals surface area (Å²) < 4.78 is 0. The van der Waals surface area contributed by atoms with Gasteiger partial charge < -0.3 is 9.88 Å². The molecule has 1 aliphatic rings. The first-order valence-corrected chi connectivity index (χ1v) is 9.33. The van der Waals surface area contributed by atoms with E-state index in [1.165, 1.54) is 0 Å². The van der Waals surface area contributed by atoms with Crippen molar-refractivity contribution < 1.29 is 4.79 Å². The van der Waals surface area contributed by atoms with Gasteiger partial charge in [0, 0.05) is 36.4 Å². The Morgan fingerprint density at radius 2 is 2.24 bits per heavy atom. The average molecular weight is 353 g/mol. The third-order valence-electron chi connectivity index (χ3n) is 4.44. The first-order chi connectivity index (χ1) is 12.3. The van der Waals surface area contributed by atoms with E-state index in [0.717, 1.165) is 41.2 Å². The molecule has 0 spiro atoms. The van der Waals surface area contributed by atoms with Crippen molar-refractivity contribution in [2.45, 2.75) is 32.2 Å². The average Bonchev–Trinajstić information content (AvgIpc) is 3.30. The van der Waals surface area contributed by atoms with Crippen LogP contribution in [0.5, 0.6) is 0 Å². The zero-order valence-corrected chi connectivity index (χ0v) is 14.8. The van der Waals surface area contributed by atoms with Gasteiger partial charge in [-0.15, -0.1) is 11.3 Å². The summed E-state index contributed by atoms with van der Waals surface area (Å²) in [4.78, 5) is 31.3. The molecule has 1 aliphatic heterocycles. The van der Waals surface area contributed by atoms with Gasteiger partial charge >= 0.3 is 0 Å². The van der Waals surface area contributed by atoms with Crippen LogP contribution in [0.25, 0.3) is 0 Å². The number of carbonyl (C=O) groups excluding carboxylic acids is 1. The quantitative estimate of drug-likeness (QED) is 0.782. The molecule has 7 heteroatoms. The van der Waals surface area contributed by atoms with E-state index in [2.05, 4.69) is 26.9 Å². The highest BCUT2D eigenvalue weighted by molar-refractivity contribution is 7.09. The van der Waals surface area contributed by atoms with Crippen molar-refractivity contribution in [3.05, 3.63) is 63.9 Å². The molecule has 4 rings (SSSR count). The van der Waals surface area contributed by atoms with Crippen molar-refractivity contribution in [2.24, 2.45) is 0 Å². The molecule has 1 N–H and O–H groups in total. The number of pyridine rings is 1. The number of aromatic amines is 1. The molecule has 0 saturated heterocycles. The number of aryl methyl sites for hydroxylation is 1. The normalized spacial score (nSPS) is 16.7. The standard InChI is InChI=1S/C18H19N5OS/c1-2-3-15-22-14(10-25-15)18(24)23-9-6-13-16(21-11-20-13)17(23)12-4-7-19-8-5-12/h4-5,7-8,10-11,17H,2-3,6,9H2,1H3,(H,20,21)/t17-/m1/s1. The second-order valence-electron chi connectivity index (χ2n) is 6.07. The lowest BCUT2D eigenvalue weighted by Gasteiger charge is -2.34. The molecule has 3 aromatic rings. The smallest absolute Gasteiger partial charge is 0.274 e. The molecule has 0 fully saturated rings. The first kappa shape index (κ1) is 16.0. The van der Waals surface area contributed by atoms with Crippen LogP contribution in [0.15, 0.2) is 36.2 Å². The number of amides is 1. The van der Waals surface area contributed by atoms with Crippen LogP contribution in [0.2, 0.25) is 0 Å². The number of aromatic nitrogens is 4. The number of imidazole rings is 1. The van der Waals surface area contributed by atoms with Gasteiger partial charge in [0.15, 0.2) is 0 Å². The lowest BCUT2D eigenvalue weighted by Crippen LogP contribution is -2.41. The third kappa shape index (κ3) is 2.95. The highest BCUT2D eigenvalue weighted by Crippen LogP contribution is 2.34. The summed E-state index contributed by atoms with van der Waals surface area (Å²) in [5.41, 5.74) is 3.55. The molecule has 0 aromatic carbocycles. The van der Waals surface area contributed by atoms with E-state index in [1.54, 1.807) is 30.1 Å². The highest BCUT2D eigenvalue weighted by atomic mass is 32.1. The Kier molecular flexibility index (Phi) is 4.31. The minimum atomic E-state index is -0.207. The lowest BCUT2D eigenvalue weighted by molar-refractivity contribution is 0.0685. The Hall–Kier alpha value is -2.54. The monoisotopic (exact) mass is 353 g/mol. The molecule has 0 unspecified atom stereocenters. The van der Waals surface area contributed by atoms with Gasteiger partial charge in [-0.2, -0.15) is 0 Å². The van der Waals surface area contributed by atoms with E-state index >= 15 is 0 Å². The number of nitrogens with one attached hydrogen (secondary N) is 1. The van der Waals surface area contributed by atoms with E-state index in [0.29, 0.717) is 12.2 Å². The van der Waals surface area contributed by atoms with Crippen molar-refractivity contribution in [1.82, 2.24) is 24.8 Å². The number of fused-ring (bicyclic) bond motifs is 1. The number of thiazole rings is 1. The van der Waals surface area contributed by atoms with Gasteiger partial charge in [-0.3, -0.25) is 9.78 Å². The van der Waals surface area contributed by atoms with Crippen LogP contribution in [0.3, 0.4) is 0 Å². The topological polar surface area (TPSA) is 74.8 Å². The molecule has 6 nitrogen and oxygen atoms in total. The Labute approximate surface area is 150 Å². The van der Waals surface area contributed by atoms with E-state index in [9.17, 15) is 4.79 Å². The van der Waals surface area contributed by atoms with Crippen molar-refractivity contribution in [2.75, 3.05) is 6.54 Å². The third-order valence-corrected chi connectivity index (χ3v) is 5.35. The molecule has 1 atom stereocenters. The maximum absolute atomic E-state index is 13.1. The molecule has 4 heterocycles. The summed E-state index contributed by atoms with van der Waals surface area (Å²) in [6.45, 7) is 2.76. The Bertz CT molecular complexity index is 872. The van der Waals surface area contributed by atoms with Crippen molar-refractivity contribution in [1.29, 1.82) is 0 Å². The second-order valence-corrected chi connectivity index (χ2v) is 7.02. The predicted molar refractivity (Wildman–Crippen MR) is 95.5 cm³/mol. The molecule has 0 radical (unpaired) electrons. The van der Waals surface area contributed by atoms with Crippen LogP contribution in [-0.4, -0.2) is 37.3 Å². The van der Waals surface area contributed by atoms with E-state index < -0.39 is 0 Å². The molecule has 3 aromatic heterocycles. The molecule has 0 saturated carbocycles. The van der Waals surface area contributed by atoms with Crippen molar-refractivity contribution in [3.8, 4) is 0 Å². The number of carbonyl (C=O) groups is 1. The first-order valence-electron chi connectivity index (χ1n) is 8.45. The van der Waals surface area contributed by atoms with E-state index in [4.69, 9.17) is 0 Å². The molecular weight excluding hydrogens is 334 g/mol. The molecule has 25 heavy (non-hydrogen) atoms. The Balaban J connectivity index is 1.70. The van der Waals surface area contributed by atoms with Gasteiger partial charge in [0.25, 0.3) is 5.91 Å². The maximum Gasteiger partial charge on any atom is 0.274 e. The summed E-state index contributed by atoms with van der Waals surface area (Å²) in [5.74, 6) is -0.0333. The zero-order valence-electron chi connectivity index (χ0n) is 14.0. The summed E-state index contributed by atoms with van der Waals surface area (Å²) in [6, 6.07) is 3.68. The van der Waals surface area contributed by atoms with Crippen LogP contribution in [0.4, 0.5) is 0 Å². The maximum atomic E-state index is 13.1. The number of hydrogen-bond donors (Lipinski definition) is 1. The fourth-order valence-corrected chi connectivity index (χ4v) is 4.14. The van der Waals surface area contributed by atoms with Crippen molar-refractivity contribution >= 4 is 17.2 Å². The molecule has 0 aliphatic carbocycles. The summed E-state index contributed by atoms with van der Waals surface area (Å²) in [7, 11) is 0. The number of hydrogen-bond acceptors (Lipinski definition) is 5. The fourth-order valence-electron chi connectivity index (χ4n) is 3.26. The number of rotatable bonds is 4. The minimum absolute atomic E-state index is 0.0333. The van der Waals surface area contributed by atoms with Gasteiger partial charge in [0.1, 0.15) is 11.7 Å². The molecule has 0 bridgehead atoms. The van der Waals surface area contributed by atoms with Crippen LogP contribution in [0, 0.1) is 0 Å². The van der Waals surface area contributed by atoms with Gasteiger partial charge in [0.05, 0.1) is 17.0 Å². The van der Waals surface area contributed by atoms with Crippen molar-refractivity contribution in [3.63, 3.8) is 0 Å². The van der Waals surface area contributed by atoms with Crippen LogP contribution in [0.1, 0.15) is 51.8 Å². The van der Waals surface area contributed by atoms with Crippen LogP contribution in [-0.2, 0) is 12.8 Å². The van der Waals surface area contributed by atoms with Gasteiger partial charge in [0.2, 0.25) is 0 Å². The lowest BCUT2D eigenvalue weighted by atomic mass is 9.96. The second kappa shape index (κ2) is 6.76. The summed E-state index contributed by atoms with van der Waals surface area (Å²) in [5, 5.41) is 2.89.